The van der Waals surface area contributed by atoms with Crippen molar-refractivity contribution in [3.63, 3.8) is 0 Å². The lowest BCUT2D eigenvalue weighted by atomic mass is 10.2. The van der Waals surface area contributed by atoms with Crippen LogP contribution >= 0.6 is 0 Å². The first-order chi connectivity index (χ1) is 13.0. The van der Waals surface area contributed by atoms with E-state index >= 15 is 0 Å². The van der Waals surface area contributed by atoms with E-state index < -0.39 is 5.91 Å². The normalized spacial score (nSPS) is 10.9. The van der Waals surface area contributed by atoms with Gasteiger partial charge in [-0.3, -0.25) is 14.6 Å². The molecule has 0 saturated carbocycles. The number of hydrogen-bond acceptors (Lipinski definition) is 7. The van der Waals surface area contributed by atoms with E-state index in [9.17, 15) is 9.59 Å². The number of amides is 2. The molecule has 0 saturated heterocycles. The second-order valence-corrected chi connectivity index (χ2v) is 6.18. The maximum absolute atomic E-state index is 12.3. The van der Waals surface area contributed by atoms with Gasteiger partial charge in [-0.2, -0.15) is 4.98 Å². The monoisotopic (exact) mass is 368 g/mol. The molecular weight excluding hydrogens is 348 g/mol. The summed E-state index contributed by atoms with van der Waals surface area (Å²) in [5.74, 6) is -0.794. The fraction of sp³-hybridized carbons (Fsp3) is 0.278. The summed E-state index contributed by atoms with van der Waals surface area (Å²) in [6, 6.07) is 9.16. The van der Waals surface area contributed by atoms with E-state index in [2.05, 4.69) is 25.8 Å². The molecule has 2 N–H and O–H groups in total. The van der Waals surface area contributed by atoms with Crippen molar-refractivity contribution in [2.24, 2.45) is 0 Å². The lowest BCUT2D eigenvalue weighted by Crippen LogP contribution is -2.31. The van der Waals surface area contributed by atoms with Crippen molar-refractivity contribution < 1.29 is 14.1 Å². The summed E-state index contributed by atoms with van der Waals surface area (Å²) in [5, 5.41) is 10.0. The van der Waals surface area contributed by atoms with Gasteiger partial charge in [0.2, 0.25) is 5.91 Å². The molecule has 2 amide bonds. The summed E-state index contributed by atoms with van der Waals surface area (Å²) in [6.45, 7) is 1.15. The highest BCUT2D eigenvalue weighted by atomic mass is 16.5. The third kappa shape index (κ3) is 4.85. The largest absolute Gasteiger partial charge is 0.347 e. The molecule has 2 heterocycles. The molecule has 0 fully saturated rings. The Bertz CT molecular complexity index is 948. The average molecular weight is 368 g/mol. The van der Waals surface area contributed by atoms with Crippen LogP contribution in [0.5, 0.6) is 0 Å². The molecule has 1 aromatic carbocycles. The molecule has 9 heteroatoms. The molecule has 140 valence electrons. The molecule has 0 aliphatic carbocycles. The molecule has 9 nitrogen and oxygen atoms in total. The smallest absolute Gasteiger partial charge is 0.315 e. The number of pyridine rings is 1. The minimum atomic E-state index is -0.462. The molecule has 3 rings (SSSR count). The average Bonchev–Trinajstić information content (AvgIpc) is 3.10. The van der Waals surface area contributed by atoms with Crippen LogP contribution in [0.4, 0.5) is 5.69 Å². The van der Waals surface area contributed by atoms with Crippen LogP contribution < -0.4 is 10.6 Å². The summed E-state index contributed by atoms with van der Waals surface area (Å²) >= 11 is 0. The summed E-state index contributed by atoms with van der Waals surface area (Å²) in [4.78, 5) is 34.4. The van der Waals surface area contributed by atoms with Gasteiger partial charge in [0.1, 0.15) is 0 Å². The maximum atomic E-state index is 12.3. The third-order valence-electron chi connectivity index (χ3n) is 3.75. The minimum Gasteiger partial charge on any atom is -0.347 e. The van der Waals surface area contributed by atoms with Crippen LogP contribution in [0.25, 0.3) is 10.9 Å². The molecule has 0 aliphatic heterocycles. The number of nitrogens with zero attached hydrogens (tertiary/aromatic N) is 4. The lowest BCUT2D eigenvalue weighted by molar-refractivity contribution is -0.115. The summed E-state index contributed by atoms with van der Waals surface area (Å²) in [6.07, 6.45) is 1.59. The number of anilines is 1. The summed E-state index contributed by atoms with van der Waals surface area (Å²) in [7, 11) is 3.81. The first-order valence-corrected chi connectivity index (χ1v) is 8.42. The Morgan fingerprint density at radius 2 is 2.04 bits per heavy atom. The summed E-state index contributed by atoms with van der Waals surface area (Å²) in [5.41, 5.74) is 1.43. The highest BCUT2D eigenvalue weighted by Crippen LogP contribution is 2.21. The predicted molar refractivity (Wildman–Crippen MR) is 99.3 cm³/mol. The van der Waals surface area contributed by atoms with Gasteiger partial charge in [-0.15, -0.1) is 0 Å². The Kier molecular flexibility index (Phi) is 5.72. The van der Waals surface area contributed by atoms with Crippen molar-refractivity contribution in [2.75, 3.05) is 32.5 Å². The first kappa shape index (κ1) is 18.5. The van der Waals surface area contributed by atoms with E-state index in [-0.39, 0.29) is 24.0 Å². The number of hydrogen-bond donors (Lipinski definition) is 2. The van der Waals surface area contributed by atoms with Crippen LogP contribution in [0.2, 0.25) is 0 Å². The van der Waals surface area contributed by atoms with Crippen molar-refractivity contribution in [2.45, 2.75) is 6.42 Å². The molecule has 0 aliphatic rings. The van der Waals surface area contributed by atoms with Crippen molar-refractivity contribution in [3.05, 3.63) is 48.2 Å². The van der Waals surface area contributed by atoms with Gasteiger partial charge in [-0.05, 0) is 38.4 Å². The lowest BCUT2D eigenvalue weighted by Gasteiger charge is -2.08. The molecule has 3 aromatic rings. The second kappa shape index (κ2) is 8.37. The standard InChI is InChI=1S/C18H20N6O3/c1-24(2)10-9-20-17(26)18-22-15(23-27-18)11-16(25)21-14-7-3-6-13-12(14)5-4-8-19-13/h3-8H,9-11H2,1-2H3,(H,20,26)(H,21,25). The zero-order chi connectivity index (χ0) is 19.2. The van der Waals surface area contributed by atoms with Gasteiger partial charge in [0.05, 0.1) is 17.6 Å². The van der Waals surface area contributed by atoms with Crippen LogP contribution in [-0.2, 0) is 11.2 Å². The molecular formula is C18H20N6O3. The zero-order valence-corrected chi connectivity index (χ0v) is 15.1. The number of nitrogens with one attached hydrogen (secondary N) is 2. The quantitative estimate of drug-likeness (QED) is 0.642. The van der Waals surface area contributed by atoms with Gasteiger partial charge in [0.15, 0.2) is 5.82 Å². The molecule has 0 bridgehead atoms. The number of aromatic nitrogens is 3. The van der Waals surface area contributed by atoms with E-state index in [4.69, 9.17) is 4.52 Å². The van der Waals surface area contributed by atoms with Crippen molar-refractivity contribution in [1.82, 2.24) is 25.3 Å². The van der Waals surface area contributed by atoms with E-state index in [1.165, 1.54) is 0 Å². The zero-order valence-electron chi connectivity index (χ0n) is 15.1. The predicted octanol–water partition coefficient (Wildman–Crippen LogP) is 1.09. The van der Waals surface area contributed by atoms with Crippen LogP contribution in [0.3, 0.4) is 0 Å². The van der Waals surface area contributed by atoms with Crippen molar-refractivity contribution >= 4 is 28.4 Å². The molecule has 0 unspecified atom stereocenters. The number of benzene rings is 1. The van der Waals surface area contributed by atoms with E-state index in [1.54, 1.807) is 18.3 Å². The number of fused-ring (bicyclic) bond motifs is 1. The Hall–Kier alpha value is -3.33. The van der Waals surface area contributed by atoms with Gasteiger partial charge >= 0.3 is 11.8 Å². The number of carbonyl (C=O) groups excluding carboxylic acids is 2. The highest BCUT2D eigenvalue weighted by Gasteiger charge is 2.17. The Labute approximate surface area is 155 Å². The van der Waals surface area contributed by atoms with E-state index in [1.807, 2.05) is 37.2 Å². The molecule has 0 atom stereocenters. The highest BCUT2D eigenvalue weighted by molar-refractivity contribution is 6.01. The Morgan fingerprint density at radius 1 is 1.19 bits per heavy atom. The van der Waals surface area contributed by atoms with Gasteiger partial charge in [0, 0.05) is 24.7 Å². The van der Waals surface area contributed by atoms with Crippen LogP contribution in [-0.4, -0.2) is 59.0 Å². The SMILES string of the molecule is CN(C)CCNC(=O)c1nc(CC(=O)Nc2cccc3ncccc23)no1. The topological polar surface area (TPSA) is 113 Å². The van der Waals surface area contributed by atoms with Crippen molar-refractivity contribution in [1.29, 1.82) is 0 Å². The summed E-state index contributed by atoms with van der Waals surface area (Å²) < 4.78 is 4.93. The molecule has 0 spiro atoms. The van der Waals surface area contributed by atoms with Gasteiger partial charge in [-0.1, -0.05) is 11.2 Å². The minimum absolute atomic E-state index is 0.106. The number of carbonyl (C=O) groups is 2. The maximum Gasteiger partial charge on any atom is 0.315 e. The van der Waals surface area contributed by atoms with E-state index in [0.29, 0.717) is 18.8 Å². The molecule has 2 aromatic heterocycles. The second-order valence-electron chi connectivity index (χ2n) is 6.18. The van der Waals surface area contributed by atoms with Crippen LogP contribution in [0, 0.1) is 0 Å². The molecule has 27 heavy (non-hydrogen) atoms. The molecule has 0 radical (unpaired) electrons. The van der Waals surface area contributed by atoms with Gasteiger partial charge < -0.3 is 20.1 Å². The van der Waals surface area contributed by atoms with Crippen LogP contribution in [0.15, 0.2) is 41.1 Å². The van der Waals surface area contributed by atoms with Crippen LogP contribution in [0.1, 0.15) is 16.5 Å². The number of rotatable bonds is 7. The fourth-order valence-electron chi connectivity index (χ4n) is 2.44. The number of likely N-dealkylation sites (N-methyl/N-ethyl adjacent to an activating group) is 1. The van der Waals surface area contributed by atoms with Crippen molar-refractivity contribution in [3.8, 4) is 0 Å². The Balaban J connectivity index is 1.60. The first-order valence-electron chi connectivity index (χ1n) is 8.42. The third-order valence-corrected chi connectivity index (χ3v) is 3.75. The van der Waals surface area contributed by atoms with Gasteiger partial charge in [-0.25, -0.2) is 0 Å². The Morgan fingerprint density at radius 3 is 2.85 bits per heavy atom. The fourth-order valence-corrected chi connectivity index (χ4v) is 2.44. The van der Waals surface area contributed by atoms with E-state index in [0.717, 1.165) is 10.9 Å². The van der Waals surface area contributed by atoms with Gasteiger partial charge in [0.25, 0.3) is 0 Å².